The van der Waals surface area contributed by atoms with Crippen LogP contribution in [0.25, 0.3) is 0 Å². The molecule has 86 valence electrons. The van der Waals surface area contributed by atoms with E-state index in [1.165, 1.54) is 18.2 Å². The third-order valence-corrected chi connectivity index (χ3v) is 2.30. The van der Waals surface area contributed by atoms with Crippen LogP contribution in [-0.4, -0.2) is 22.0 Å². The van der Waals surface area contributed by atoms with E-state index >= 15 is 0 Å². The van der Waals surface area contributed by atoms with Crippen LogP contribution in [0.2, 0.25) is 0 Å². The fourth-order valence-corrected chi connectivity index (χ4v) is 1.36. The third-order valence-electron chi connectivity index (χ3n) is 2.30. The maximum absolute atomic E-state index is 11.6. The molecule has 0 aliphatic carbocycles. The first-order chi connectivity index (χ1) is 7.56. The van der Waals surface area contributed by atoms with E-state index in [0.717, 1.165) is 12.8 Å². The number of carboxylic acids is 1. The lowest BCUT2D eigenvalue weighted by Crippen LogP contribution is -2.03. The Morgan fingerprint density at radius 3 is 2.56 bits per heavy atom. The van der Waals surface area contributed by atoms with Gasteiger partial charge in [-0.3, -0.25) is 4.79 Å². The van der Waals surface area contributed by atoms with Crippen molar-refractivity contribution in [2.24, 2.45) is 0 Å². The Bertz CT molecular complexity index is 409. The van der Waals surface area contributed by atoms with E-state index in [0.29, 0.717) is 6.42 Å². The third kappa shape index (κ3) is 2.82. The van der Waals surface area contributed by atoms with Gasteiger partial charge in [0.05, 0.1) is 11.1 Å². The topological polar surface area (TPSA) is 74.6 Å². The normalized spacial score (nSPS) is 10.1. The van der Waals surface area contributed by atoms with E-state index < -0.39 is 5.97 Å². The van der Waals surface area contributed by atoms with Gasteiger partial charge in [0.2, 0.25) is 0 Å². The lowest BCUT2D eigenvalue weighted by molar-refractivity contribution is 0.0697. The van der Waals surface area contributed by atoms with Gasteiger partial charge in [0.15, 0.2) is 5.78 Å². The fourth-order valence-electron chi connectivity index (χ4n) is 1.36. The van der Waals surface area contributed by atoms with Gasteiger partial charge < -0.3 is 10.2 Å². The predicted molar refractivity (Wildman–Crippen MR) is 58.9 cm³/mol. The van der Waals surface area contributed by atoms with Crippen LogP contribution in [0, 0.1) is 0 Å². The highest BCUT2D eigenvalue weighted by Gasteiger charge is 2.13. The molecule has 4 nitrogen and oxygen atoms in total. The molecule has 0 bridgehead atoms. The molecule has 0 saturated carbocycles. The second-order valence-electron chi connectivity index (χ2n) is 3.56. The summed E-state index contributed by atoms with van der Waals surface area (Å²) in [4.78, 5) is 22.4. The van der Waals surface area contributed by atoms with Crippen LogP contribution >= 0.6 is 0 Å². The van der Waals surface area contributed by atoms with Gasteiger partial charge in [0.1, 0.15) is 5.75 Å². The molecule has 0 saturated heterocycles. The molecule has 1 aromatic rings. The van der Waals surface area contributed by atoms with Crippen LogP contribution in [0.4, 0.5) is 0 Å². The van der Waals surface area contributed by atoms with Crippen molar-refractivity contribution in [2.75, 3.05) is 0 Å². The van der Waals surface area contributed by atoms with Gasteiger partial charge in [-0.05, 0) is 24.6 Å². The van der Waals surface area contributed by atoms with Crippen molar-refractivity contribution in [3.63, 3.8) is 0 Å². The van der Waals surface area contributed by atoms with Crippen molar-refractivity contribution in [3.05, 3.63) is 29.3 Å². The average molecular weight is 222 g/mol. The van der Waals surface area contributed by atoms with E-state index in [1.54, 1.807) is 0 Å². The number of aromatic carboxylic acids is 1. The molecule has 16 heavy (non-hydrogen) atoms. The summed E-state index contributed by atoms with van der Waals surface area (Å²) in [7, 11) is 0. The largest absolute Gasteiger partial charge is 0.507 e. The highest BCUT2D eigenvalue weighted by atomic mass is 16.4. The fraction of sp³-hybridized carbons (Fsp3) is 0.333. The van der Waals surface area contributed by atoms with Gasteiger partial charge in [-0.25, -0.2) is 4.79 Å². The Balaban J connectivity index is 2.97. The van der Waals surface area contributed by atoms with Crippen LogP contribution in [0.1, 0.15) is 46.9 Å². The van der Waals surface area contributed by atoms with Gasteiger partial charge in [0.25, 0.3) is 0 Å². The first-order valence-corrected chi connectivity index (χ1v) is 5.15. The predicted octanol–water partition coefficient (Wildman–Crippen LogP) is 2.46. The number of phenolic OH excluding ortho intramolecular Hbond substituents is 1. The Morgan fingerprint density at radius 2 is 2.00 bits per heavy atom. The first-order valence-electron chi connectivity index (χ1n) is 5.15. The Kier molecular flexibility index (Phi) is 4.05. The summed E-state index contributed by atoms with van der Waals surface area (Å²) in [6.45, 7) is 1.96. The maximum Gasteiger partial charge on any atom is 0.335 e. The van der Waals surface area contributed by atoms with Crippen molar-refractivity contribution in [2.45, 2.75) is 26.2 Å². The van der Waals surface area contributed by atoms with Crippen LogP contribution in [0.15, 0.2) is 18.2 Å². The van der Waals surface area contributed by atoms with Gasteiger partial charge >= 0.3 is 5.97 Å². The molecule has 0 aliphatic heterocycles. The molecule has 0 spiro atoms. The highest BCUT2D eigenvalue weighted by molar-refractivity contribution is 6.01. The number of carboxylic acid groups (broad SMARTS) is 1. The number of unbranched alkanes of at least 4 members (excludes halogenated alkanes) is 1. The molecule has 0 atom stereocenters. The number of rotatable bonds is 5. The van der Waals surface area contributed by atoms with Crippen molar-refractivity contribution in [1.29, 1.82) is 0 Å². The molecular formula is C12H14O4. The molecule has 0 amide bonds. The number of carbonyl (C=O) groups excluding carboxylic acids is 1. The summed E-state index contributed by atoms with van der Waals surface area (Å²) in [6, 6.07) is 3.73. The van der Waals surface area contributed by atoms with Crippen LogP contribution in [-0.2, 0) is 0 Å². The van der Waals surface area contributed by atoms with Crippen molar-refractivity contribution >= 4 is 11.8 Å². The molecule has 0 unspecified atom stereocenters. The van der Waals surface area contributed by atoms with E-state index in [9.17, 15) is 14.7 Å². The number of hydrogen-bond donors (Lipinski definition) is 2. The molecule has 2 N–H and O–H groups in total. The van der Waals surface area contributed by atoms with Crippen LogP contribution in [0.5, 0.6) is 5.75 Å². The van der Waals surface area contributed by atoms with Gasteiger partial charge in [-0.2, -0.15) is 0 Å². The van der Waals surface area contributed by atoms with Crippen LogP contribution in [0.3, 0.4) is 0 Å². The molecule has 0 heterocycles. The summed E-state index contributed by atoms with van der Waals surface area (Å²) in [5, 5.41) is 18.2. The molecule has 0 aliphatic rings. The molecule has 1 aromatic carbocycles. The SMILES string of the molecule is CCCCC(=O)c1cc(C(=O)O)ccc1O. The molecule has 0 fully saturated rings. The van der Waals surface area contributed by atoms with Crippen molar-refractivity contribution in [3.8, 4) is 5.75 Å². The Morgan fingerprint density at radius 1 is 1.31 bits per heavy atom. The molecule has 4 heteroatoms. The minimum Gasteiger partial charge on any atom is -0.507 e. The zero-order chi connectivity index (χ0) is 12.1. The van der Waals surface area contributed by atoms with Crippen molar-refractivity contribution in [1.82, 2.24) is 0 Å². The van der Waals surface area contributed by atoms with Gasteiger partial charge in [-0.1, -0.05) is 13.3 Å². The van der Waals surface area contributed by atoms with E-state index in [-0.39, 0.29) is 22.7 Å². The summed E-state index contributed by atoms with van der Waals surface area (Å²) < 4.78 is 0. The standard InChI is InChI=1S/C12H14O4/c1-2-3-4-10(13)9-7-8(12(15)16)5-6-11(9)14/h5-7,14H,2-4H2,1H3,(H,15,16). The number of ketones is 1. The second-order valence-corrected chi connectivity index (χ2v) is 3.56. The zero-order valence-electron chi connectivity index (χ0n) is 9.06. The second kappa shape index (κ2) is 5.30. The first kappa shape index (κ1) is 12.2. The molecule has 0 aromatic heterocycles. The number of phenols is 1. The maximum atomic E-state index is 11.6. The Hall–Kier alpha value is -1.84. The monoisotopic (exact) mass is 222 g/mol. The van der Waals surface area contributed by atoms with E-state index in [1.807, 2.05) is 6.92 Å². The van der Waals surface area contributed by atoms with Gasteiger partial charge in [0, 0.05) is 6.42 Å². The molecule has 1 rings (SSSR count). The number of benzene rings is 1. The molecule has 0 radical (unpaired) electrons. The highest BCUT2D eigenvalue weighted by Crippen LogP contribution is 2.21. The lowest BCUT2D eigenvalue weighted by Gasteiger charge is -2.04. The minimum atomic E-state index is -1.11. The van der Waals surface area contributed by atoms with E-state index in [4.69, 9.17) is 5.11 Å². The number of aromatic hydroxyl groups is 1. The van der Waals surface area contributed by atoms with Gasteiger partial charge in [-0.15, -0.1) is 0 Å². The quantitative estimate of drug-likeness (QED) is 0.750. The Labute approximate surface area is 93.5 Å². The van der Waals surface area contributed by atoms with Crippen molar-refractivity contribution < 1.29 is 19.8 Å². The minimum absolute atomic E-state index is 0.0117. The average Bonchev–Trinajstić information content (AvgIpc) is 2.26. The number of carbonyl (C=O) groups is 2. The van der Waals surface area contributed by atoms with Crippen LogP contribution < -0.4 is 0 Å². The summed E-state index contributed by atoms with van der Waals surface area (Å²) >= 11 is 0. The number of Topliss-reactive ketones (excluding diaryl/α,β-unsaturated/α-hetero) is 1. The summed E-state index contributed by atoms with van der Waals surface area (Å²) in [5.41, 5.74) is 0.103. The zero-order valence-corrected chi connectivity index (χ0v) is 9.06. The number of hydrogen-bond acceptors (Lipinski definition) is 3. The molecular weight excluding hydrogens is 208 g/mol. The smallest absolute Gasteiger partial charge is 0.335 e. The summed E-state index contributed by atoms with van der Waals surface area (Å²) in [6.07, 6.45) is 1.94. The lowest BCUT2D eigenvalue weighted by atomic mass is 10.0. The summed E-state index contributed by atoms with van der Waals surface area (Å²) in [5.74, 6) is -1.49. The van der Waals surface area contributed by atoms with E-state index in [2.05, 4.69) is 0 Å².